The lowest BCUT2D eigenvalue weighted by Gasteiger charge is -2.11. The molecule has 2 amide bonds. The van der Waals surface area contributed by atoms with Gasteiger partial charge < -0.3 is 15.4 Å². The zero-order valence-electron chi connectivity index (χ0n) is 14.4. The first-order chi connectivity index (χ1) is 12.1. The van der Waals surface area contributed by atoms with E-state index in [9.17, 15) is 9.59 Å². The van der Waals surface area contributed by atoms with Crippen molar-refractivity contribution in [2.24, 2.45) is 0 Å². The van der Waals surface area contributed by atoms with Crippen LogP contribution in [0.25, 0.3) is 6.08 Å². The summed E-state index contributed by atoms with van der Waals surface area (Å²) in [5, 5.41) is 5.28. The minimum absolute atomic E-state index is 0.206. The van der Waals surface area contributed by atoms with E-state index in [2.05, 4.69) is 10.6 Å². The molecule has 0 saturated carbocycles. The second kappa shape index (κ2) is 9.27. The van der Waals surface area contributed by atoms with Crippen LogP contribution in [0.15, 0.2) is 60.7 Å². The minimum atomic E-state index is -0.579. The molecule has 0 aliphatic carbocycles. The van der Waals surface area contributed by atoms with E-state index in [4.69, 9.17) is 4.74 Å². The summed E-state index contributed by atoms with van der Waals surface area (Å²) in [5.74, 6) is 0.900. The van der Waals surface area contributed by atoms with E-state index in [-0.39, 0.29) is 11.8 Å². The Kier molecular flexibility index (Phi) is 6.77. The first-order valence-corrected chi connectivity index (χ1v) is 8.17. The predicted octanol–water partition coefficient (Wildman–Crippen LogP) is 3.13. The topological polar surface area (TPSA) is 67.4 Å². The number of benzene rings is 2. The van der Waals surface area contributed by atoms with Gasteiger partial charge in [-0.25, -0.2) is 0 Å². The largest absolute Gasteiger partial charge is 0.457 e. The van der Waals surface area contributed by atoms with Crippen molar-refractivity contribution < 1.29 is 14.3 Å². The van der Waals surface area contributed by atoms with Gasteiger partial charge in [-0.1, -0.05) is 30.3 Å². The van der Waals surface area contributed by atoms with Crippen LogP contribution in [0.2, 0.25) is 0 Å². The van der Waals surface area contributed by atoms with Crippen LogP contribution in [0.1, 0.15) is 19.4 Å². The third-order valence-electron chi connectivity index (χ3n) is 3.37. The molecule has 0 spiro atoms. The Labute approximate surface area is 147 Å². The van der Waals surface area contributed by atoms with Gasteiger partial charge in [0.15, 0.2) is 0 Å². The number of para-hydroxylation sites is 1. The summed E-state index contributed by atoms with van der Waals surface area (Å²) in [5.41, 5.74) is 0.828. The van der Waals surface area contributed by atoms with Gasteiger partial charge in [-0.05, 0) is 49.8 Å². The number of nitrogens with one attached hydrogen (secondary N) is 2. The number of rotatable bonds is 7. The smallest absolute Gasteiger partial charge is 0.244 e. The molecule has 5 heteroatoms. The summed E-state index contributed by atoms with van der Waals surface area (Å²) in [6.45, 7) is 4.00. The highest BCUT2D eigenvalue weighted by atomic mass is 16.5. The van der Waals surface area contributed by atoms with Crippen LogP contribution in [0.3, 0.4) is 0 Å². The third kappa shape index (κ3) is 6.14. The second-order valence-electron chi connectivity index (χ2n) is 5.45. The summed E-state index contributed by atoms with van der Waals surface area (Å²) in [6, 6.07) is 16.3. The van der Waals surface area contributed by atoms with Crippen molar-refractivity contribution in [1.29, 1.82) is 0 Å². The van der Waals surface area contributed by atoms with E-state index in [1.54, 1.807) is 13.0 Å². The summed E-state index contributed by atoms with van der Waals surface area (Å²) in [7, 11) is 0. The highest BCUT2D eigenvalue weighted by molar-refractivity contribution is 5.95. The third-order valence-corrected chi connectivity index (χ3v) is 3.37. The minimum Gasteiger partial charge on any atom is -0.457 e. The maximum atomic E-state index is 11.9. The molecule has 0 aliphatic heterocycles. The fraction of sp³-hybridized carbons (Fsp3) is 0.200. The van der Waals surface area contributed by atoms with Crippen molar-refractivity contribution in [3.63, 3.8) is 0 Å². The van der Waals surface area contributed by atoms with Crippen molar-refractivity contribution in [3.05, 3.63) is 66.2 Å². The molecule has 25 heavy (non-hydrogen) atoms. The van der Waals surface area contributed by atoms with Crippen molar-refractivity contribution in [2.75, 3.05) is 6.54 Å². The first kappa shape index (κ1) is 18.3. The molecule has 2 aromatic carbocycles. The number of carbonyl (C=O) groups excluding carboxylic acids is 2. The molecule has 0 bridgehead atoms. The molecule has 2 N–H and O–H groups in total. The van der Waals surface area contributed by atoms with Crippen molar-refractivity contribution >= 4 is 17.9 Å². The monoisotopic (exact) mass is 338 g/mol. The lowest BCUT2D eigenvalue weighted by atomic mass is 10.2. The maximum Gasteiger partial charge on any atom is 0.244 e. The van der Waals surface area contributed by atoms with E-state index in [1.165, 1.54) is 6.08 Å². The zero-order chi connectivity index (χ0) is 18.1. The maximum absolute atomic E-state index is 11.9. The fourth-order valence-electron chi connectivity index (χ4n) is 2.13. The lowest BCUT2D eigenvalue weighted by molar-refractivity contribution is -0.126. The van der Waals surface area contributed by atoms with E-state index < -0.39 is 6.04 Å². The number of carbonyl (C=O) groups is 2. The van der Waals surface area contributed by atoms with Gasteiger partial charge in [-0.15, -0.1) is 0 Å². The Morgan fingerprint density at radius 3 is 2.52 bits per heavy atom. The Bertz CT molecular complexity index is 742. The predicted molar refractivity (Wildman–Crippen MR) is 98.3 cm³/mol. The van der Waals surface area contributed by atoms with Crippen LogP contribution in [-0.2, 0) is 9.59 Å². The Morgan fingerprint density at radius 2 is 1.80 bits per heavy atom. The lowest BCUT2D eigenvalue weighted by Crippen LogP contribution is -2.44. The highest BCUT2D eigenvalue weighted by Crippen LogP contribution is 2.22. The van der Waals surface area contributed by atoms with Crippen molar-refractivity contribution in [2.45, 2.75) is 19.9 Å². The number of ether oxygens (including phenoxy) is 1. The van der Waals surface area contributed by atoms with Gasteiger partial charge in [0.05, 0.1) is 0 Å². The van der Waals surface area contributed by atoms with Crippen LogP contribution in [0.4, 0.5) is 0 Å². The van der Waals surface area contributed by atoms with Gasteiger partial charge in [-0.2, -0.15) is 0 Å². The molecule has 0 aromatic heterocycles. The quantitative estimate of drug-likeness (QED) is 0.762. The first-order valence-electron chi connectivity index (χ1n) is 8.17. The van der Waals surface area contributed by atoms with E-state index in [0.29, 0.717) is 12.3 Å². The Morgan fingerprint density at radius 1 is 1.08 bits per heavy atom. The summed E-state index contributed by atoms with van der Waals surface area (Å²) >= 11 is 0. The molecular weight excluding hydrogens is 316 g/mol. The Balaban J connectivity index is 1.95. The molecule has 0 aliphatic rings. The SMILES string of the molecule is CCNC(=O)[C@H](C)NC(=O)/C=C/c1cccc(Oc2ccccc2)c1. The summed E-state index contributed by atoms with van der Waals surface area (Å²) in [4.78, 5) is 23.5. The Hall–Kier alpha value is -3.08. The molecule has 0 saturated heterocycles. The average Bonchev–Trinajstić information content (AvgIpc) is 2.61. The van der Waals surface area contributed by atoms with Crippen LogP contribution in [0.5, 0.6) is 11.5 Å². The molecule has 0 radical (unpaired) electrons. The summed E-state index contributed by atoms with van der Waals surface area (Å²) in [6.07, 6.45) is 3.08. The van der Waals surface area contributed by atoms with E-state index in [0.717, 1.165) is 11.3 Å². The zero-order valence-corrected chi connectivity index (χ0v) is 14.4. The fourth-order valence-corrected chi connectivity index (χ4v) is 2.13. The normalized spacial score (nSPS) is 11.8. The van der Waals surface area contributed by atoms with Gasteiger partial charge >= 0.3 is 0 Å². The number of likely N-dealkylation sites (N-methyl/N-ethyl adjacent to an activating group) is 1. The van der Waals surface area contributed by atoms with Crippen LogP contribution in [0, 0.1) is 0 Å². The van der Waals surface area contributed by atoms with E-state index in [1.807, 2.05) is 61.5 Å². The molecule has 0 fully saturated rings. The second-order valence-corrected chi connectivity index (χ2v) is 5.45. The van der Waals surface area contributed by atoms with Crippen LogP contribution in [-0.4, -0.2) is 24.4 Å². The molecular formula is C20H22N2O3. The number of hydrogen-bond acceptors (Lipinski definition) is 3. The molecule has 2 aromatic rings. The molecule has 2 rings (SSSR count). The van der Waals surface area contributed by atoms with Gasteiger partial charge in [0.25, 0.3) is 0 Å². The van der Waals surface area contributed by atoms with Gasteiger partial charge in [0.2, 0.25) is 11.8 Å². The van der Waals surface area contributed by atoms with E-state index >= 15 is 0 Å². The summed E-state index contributed by atoms with van der Waals surface area (Å²) < 4.78 is 5.76. The number of amides is 2. The van der Waals surface area contributed by atoms with Gasteiger partial charge in [-0.3, -0.25) is 9.59 Å². The molecule has 130 valence electrons. The van der Waals surface area contributed by atoms with Gasteiger partial charge in [0, 0.05) is 12.6 Å². The standard InChI is InChI=1S/C20H22N2O3/c1-3-21-20(24)15(2)22-19(23)13-12-16-8-7-11-18(14-16)25-17-9-5-4-6-10-17/h4-15H,3H2,1-2H3,(H,21,24)(H,22,23)/b13-12+/t15-/m0/s1. The van der Waals surface area contributed by atoms with Crippen LogP contribution >= 0.6 is 0 Å². The highest BCUT2D eigenvalue weighted by Gasteiger charge is 2.12. The molecule has 5 nitrogen and oxygen atoms in total. The average molecular weight is 338 g/mol. The van der Waals surface area contributed by atoms with Gasteiger partial charge in [0.1, 0.15) is 17.5 Å². The molecule has 0 heterocycles. The molecule has 1 atom stereocenters. The van der Waals surface area contributed by atoms with Crippen molar-refractivity contribution in [3.8, 4) is 11.5 Å². The molecule has 0 unspecified atom stereocenters. The van der Waals surface area contributed by atoms with Crippen molar-refractivity contribution in [1.82, 2.24) is 10.6 Å². The number of hydrogen-bond donors (Lipinski definition) is 2. The van der Waals surface area contributed by atoms with Crippen LogP contribution < -0.4 is 15.4 Å².